The Morgan fingerprint density at radius 3 is 1.35 bits per heavy atom. The van der Waals surface area contributed by atoms with Crippen LogP contribution in [0.4, 0.5) is 0 Å². The average molecular weight is 372 g/mol. The largest absolute Gasteiger partial charge is 0.478 e. The molecule has 0 saturated carbocycles. The third kappa shape index (κ3) is 20.7. The molecule has 3 amide bonds. The van der Waals surface area contributed by atoms with Crippen molar-refractivity contribution < 1.29 is 39.4 Å². The molecule has 0 atom stereocenters. The van der Waals surface area contributed by atoms with Gasteiger partial charge in [-0.25, -0.2) is 9.59 Å². The third-order valence-corrected chi connectivity index (χ3v) is 1.99. The minimum Gasteiger partial charge on any atom is -0.478 e. The number of rotatable bonds is 4. The second-order valence-electron chi connectivity index (χ2n) is 4.55. The third-order valence-electron chi connectivity index (χ3n) is 1.99. The first-order chi connectivity index (χ1) is 11.9. The van der Waals surface area contributed by atoms with Crippen LogP contribution in [0.25, 0.3) is 0 Å². The van der Waals surface area contributed by atoms with Gasteiger partial charge >= 0.3 is 11.9 Å². The second-order valence-corrected chi connectivity index (χ2v) is 4.55. The number of hydrogen-bond acceptors (Lipinski definition) is 6. The van der Waals surface area contributed by atoms with Gasteiger partial charge in [0.25, 0.3) is 11.8 Å². The van der Waals surface area contributed by atoms with Gasteiger partial charge in [0.2, 0.25) is 5.91 Å². The molecular formula is C16H24N2O8. The van der Waals surface area contributed by atoms with Gasteiger partial charge < -0.3 is 15.5 Å². The van der Waals surface area contributed by atoms with E-state index in [1.807, 2.05) is 13.8 Å². The molecule has 10 heteroatoms. The van der Waals surface area contributed by atoms with Crippen molar-refractivity contribution in [2.24, 2.45) is 0 Å². The van der Waals surface area contributed by atoms with Crippen molar-refractivity contribution in [1.82, 2.24) is 10.4 Å². The first-order valence-corrected chi connectivity index (χ1v) is 7.11. The maximum absolute atomic E-state index is 10.4. The molecule has 1 fully saturated rings. The van der Waals surface area contributed by atoms with Crippen LogP contribution in [-0.2, 0) is 24.0 Å². The summed E-state index contributed by atoms with van der Waals surface area (Å²) in [5, 5.41) is 26.4. The molecule has 0 aromatic heterocycles. The molecule has 1 heterocycles. The van der Waals surface area contributed by atoms with Crippen molar-refractivity contribution in [3.8, 4) is 0 Å². The van der Waals surface area contributed by atoms with Crippen LogP contribution in [0.3, 0.4) is 0 Å². The standard InChI is InChI=1S/C6H11NO.C4H5NO3.2C3H4O2/c1-4-6(8)7-5(2)3;6-3-1-2-4(7)5(3)8;2*1-2-3(4)5/h4-5H,1H2,2-3H3,(H,7,8);8H,1-2H2;2*2H,1H2,(H,4,5). The lowest BCUT2D eigenvalue weighted by molar-refractivity contribution is -0.171. The summed E-state index contributed by atoms with van der Waals surface area (Å²) in [5.74, 6) is -3.08. The van der Waals surface area contributed by atoms with Crippen LogP contribution < -0.4 is 5.32 Å². The van der Waals surface area contributed by atoms with Crippen molar-refractivity contribution in [2.75, 3.05) is 0 Å². The monoisotopic (exact) mass is 372 g/mol. The Balaban J connectivity index is -0.000000279. The Morgan fingerprint density at radius 2 is 1.27 bits per heavy atom. The van der Waals surface area contributed by atoms with Crippen LogP contribution in [-0.4, -0.2) is 56.2 Å². The second kappa shape index (κ2) is 16.6. The molecule has 1 rings (SSSR count). The number of nitrogens with one attached hydrogen (secondary N) is 1. The van der Waals surface area contributed by atoms with Crippen LogP contribution in [0, 0.1) is 0 Å². The normalized spacial score (nSPS) is 11.5. The van der Waals surface area contributed by atoms with Crippen molar-refractivity contribution in [1.29, 1.82) is 0 Å². The summed E-state index contributed by atoms with van der Waals surface area (Å²) in [6.07, 6.45) is 3.23. The molecule has 1 aliphatic rings. The number of carboxylic acid groups (broad SMARTS) is 2. The zero-order chi connectivity index (χ0) is 21.3. The molecule has 0 unspecified atom stereocenters. The number of carbonyl (C=O) groups excluding carboxylic acids is 3. The molecule has 0 radical (unpaired) electrons. The molecule has 0 aromatic rings. The van der Waals surface area contributed by atoms with Gasteiger partial charge in [0.15, 0.2) is 0 Å². The highest BCUT2D eigenvalue weighted by Crippen LogP contribution is 2.07. The predicted octanol–water partition coefficient (Wildman–Crippen LogP) is 0.736. The Morgan fingerprint density at radius 1 is 0.962 bits per heavy atom. The van der Waals surface area contributed by atoms with Gasteiger partial charge in [-0.3, -0.25) is 19.6 Å². The fraction of sp³-hybridized carbons (Fsp3) is 0.312. The molecule has 0 aromatic carbocycles. The van der Waals surface area contributed by atoms with Crippen molar-refractivity contribution in [3.63, 3.8) is 0 Å². The van der Waals surface area contributed by atoms with Gasteiger partial charge in [-0.1, -0.05) is 19.7 Å². The fourth-order valence-electron chi connectivity index (χ4n) is 0.908. The van der Waals surface area contributed by atoms with E-state index < -0.39 is 23.8 Å². The molecule has 146 valence electrons. The summed E-state index contributed by atoms with van der Waals surface area (Å²) < 4.78 is 0. The molecule has 0 bridgehead atoms. The molecule has 0 aliphatic carbocycles. The molecule has 1 saturated heterocycles. The molecule has 26 heavy (non-hydrogen) atoms. The number of carboxylic acids is 2. The van der Waals surface area contributed by atoms with Crippen LogP contribution >= 0.6 is 0 Å². The number of amides is 3. The average Bonchev–Trinajstić information content (AvgIpc) is 2.86. The van der Waals surface area contributed by atoms with Gasteiger partial charge in [0, 0.05) is 31.0 Å². The smallest absolute Gasteiger partial charge is 0.327 e. The highest BCUT2D eigenvalue weighted by molar-refractivity contribution is 6.00. The summed E-state index contributed by atoms with van der Waals surface area (Å²) in [6, 6.07) is 0.209. The lowest BCUT2D eigenvalue weighted by Crippen LogP contribution is -2.27. The summed E-state index contributed by atoms with van der Waals surface area (Å²) in [4.78, 5) is 49.4. The van der Waals surface area contributed by atoms with Crippen LogP contribution in [0.15, 0.2) is 38.0 Å². The summed E-state index contributed by atoms with van der Waals surface area (Å²) in [5.41, 5.74) is 0. The van der Waals surface area contributed by atoms with Crippen LogP contribution in [0.2, 0.25) is 0 Å². The number of nitrogens with zero attached hydrogens (tertiary/aromatic N) is 1. The minimum absolute atomic E-state index is 0.111. The van der Waals surface area contributed by atoms with Crippen LogP contribution in [0.5, 0.6) is 0 Å². The van der Waals surface area contributed by atoms with E-state index >= 15 is 0 Å². The lowest BCUT2D eigenvalue weighted by atomic mass is 10.4. The van der Waals surface area contributed by atoms with E-state index in [1.54, 1.807) is 0 Å². The molecule has 1 aliphatic heterocycles. The highest BCUT2D eigenvalue weighted by Gasteiger charge is 2.26. The van der Waals surface area contributed by atoms with Crippen LogP contribution in [0.1, 0.15) is 26.7 Å². The minimum atomic E-state index is -0.981. The number of hydrogen-bond donors (Lipinski definition) is 4. The molecule has 4 N–H and O–H groups in total. The maximum atomic E-state index is 10.4. The molecular weight excluding hydrogens is 348 g/mol. The number of hydroxylamine groups is 2. The van der Waals surface area contributed by atoms with E-state index in [4.69, 9.17) is 15.4 Å². The van der Waals surface area contributed by atoms with Gasteiger partial charge in [0.1, 0.15) is 0 Å². The number of carbonyl (C=O) groups is 5. The SMILES string of the molecule is C=CC(=O)NC(C)C.C=CC(=O)O.C=CC(=O)O.O=C1CCC(=O)N1O. The quantitative estimate of drug-likeness (QED) is 0.319. The number of imide groups is 1. The molecule has 10 nitrogen and oxygen atoms in total. The zero-order valence-electron chi connectivity index (χ0n) is 14.7. The predicted molar refractivity (Wildman–Crippen MR) is 92.0 cm³/mol. The van der Waals surface area contributed by atoms with E-state index in [-0.39, 0.29) is 29.9 Å². The van der Waals surface area contributed by atoms with Crippen molar-refractivity contribution >= 4 is 29.7 Å². The lowest BCUT2D eigenvalue weighted by Gasteiger charge is -2.02. The van der Waals surface area contributed by atoms with Gasteiger partial charge in [-0.05, 0) is 19.9 Å². The summed E-state index contributed by atoms with van der Waals surface area (Å²) in [7, 11) is 0. The summed E-state index contributed by atoms with van der Waals surface area (Å²) in [6.45, 7) is 13.0. The maximum Gasteiger partial charge on any atom is 0.327 e. The Labute approximate surface area is 151 Å². The highest BCUT2D eigenvalue weighted by atomic mass is 16.5. The van der Waals surface area contributed by atoms with E-state index in [9.17, 15) is 24.0 Å². The zero-order valence-corrected chi connectivity index (χ0v) is 14.7. The fourth-order valence-corrected chi connectivity index (χ4v) is 0.908. The van der Waals surface area contributed by atoms with E-state index in [2.05, 4.69) is 25.1 Å². The van der Waals surface area contributed by atoms with Gasteiger partial charge in [-0.15, -0.1) is 0 Å². The molecule has 0 spiro atoms. The van der Waals surface area contributed by atoms with E-state index in [0.717, 1.165) is 12.2 Å². The van der Waals surface area contributed by atoms with Crippen molar-refractivity contribution in [3.05, 3.63) is 38.0 Å². The van der Waals surface area contributed by atoms with E-state index in [1.165, 1.54) is 6.08 Å². The first-order valence-electron chi connectivity index (χ1n) is 7.11. The summed E-state index contributed by atoms with van der Waals surface area (Å²) >= 11 is 0. The van der Waals surface area contributed by atoms with Gasteiger partial charge in [-0.2, -0.15) is 5.06 Å². The Hall–Kier alpha value is -3.27. The van der Waals surface area contributed by atoms with Crippen molar-refractivity contribution in [2.45, 2.75) is 32.7 Å². The van der Waals surface area contributed by atoms with Gasteiger partial charge in [0.05, 0.1) is 0 Å². The van der Waals surface area contributed by atoms with E-state index in [0.29, 0.717) is 0 Å². The topological polar surface area (TPSA) is 161 Å². The first kappa shape index (κ1) is 27.6. The number of aliphatic carboxylic acids is 2. The Bertz CT molecular complexity index is 506. The Kier molecular flexibility index (Phi) is 17.6.